The van der Waals surface area contributed by atoms with Crippen LogP contribution in [0.3, 0.4) is 0 Å². The fourth-order valence-electron chi connectivity index (χ4n) is 2.00. The summed E-state index contributed by atoms with van der Waals surface area (Å²) in [5.74, 6) is -1.24. The van der Waals surface area contributed by atoms with Crippen molar-refractivity contribution in [3.63, 3.8) is 0 Å². The molecule has 0 spiro atoms. The molecule has 0 aliphatic rings. The minimum absolute atomic E-state index is 0.00154. The van der Waals surface area contributed by atoms with Gasteiger partial charge in [0.05, 0.1) is 79.1 Å². The van der Waals surface area contributed by atoms with Gasteiger partial charge in [0.1, 0.15) is 0 Å². The number of rotatable bonds is 24. The molecule has 0 aromatic heterocycles. The van der Waals surface area contributed by atoms with Crippen LogP contribution in [0.4, 0.5) is 0 Å². The summed E-state index contributed by atoms with van der Waals surface area (Å²) in [7, 11) is 0. The van der Waals surface area contributed by atoms with Crippen molar-refractivity contribution in [2.75, 3.05) is 92.4 Å². The van der Waals surface area contributed by atoms with Gasteiger partial charge in [-0.25, -0.2) is 0 Å². The van der Waals surface area contributed by atoms with Crippen LogP contribution in [0.1, 0.15) is 19.3 Å². The molecule has 178 valence electrons. The average molecular weight is 439 g/mol. The summed E-state index contributed by atoms with van der Waals surface area (Å²) in [6.45, 7) is 7.04. The van der Waals surface area contributed by atoms with Crippen molar-refractivity contribution < 1.29 is 43.1 Å². The molecule has 0 saturated heterocycles. The average Bonchev–Trinajstić information content (AvgIpc) is 2.73. The smallest absolute Gasteiger partial charge is 0.303 e. The molecule has 0 aliphatic heterocycles. The normalized spacial score (nSPS) is 11.0. The zero-order valence-electron chi connectivity index (χ0n) is 17.8. The quantitative estimate of drug-likeness (QED) is 0.167. The van der Waals surface area contributed by atoms with Crippen LogP contribution in [0, 0.1) is 0 Å². The molecule has 0 aromatic carbocycles. The molecule has 0 atom stereocenters. The molecule has 0 unspecified atom stereocenters. The largest absolute Gasteiger partial charge is 0.481 e. The van der Waals surface area contributed by atoms with E-state index in [1.165, 1.54) is 0 Å². The molecule has 0 heterocycles. The van der Waals surface area contributed by atoms with E-state index in [1.54, 1.807) is 0 Å². The van der Waals surface area contributed by atoms with E-state index in [0.29, 0.717) is 98.8 Å². The Morgan fingerprint density at radius 1 is 0.633 bits per heavy atom. The highest BCUT2D eigenvalue weighted by Gasteiger charge is 2.04. The van der Waals surface area contributed by atoms with Gasteiger partial charge in [0.15, 0.2) is 0 Å². The van der Waals surface area contributed by atoms with Gasteiger partial charge in [0.25, 0.3) is 0 Å². The zero-order chi connectivity index (χ0) is 22.1. The number of carboxylic acid groups (broad SMARTS) is 1. The molecule has 4 N–H and O–H groups in total. The lowest BCUT2D eigenvalue weighted by molar-refractivity contribution is -0.138. The summed E-state index contributed by atoms with van der Waals surface area (Å²) in [6.07, 6.45) is 0.505. The van der Waals surface area contributed by atoms with Crippen molar-refractivity contribution in [1.29, 1.82) is 0 Å². The predicted molar refractivity (Wildman–Crippen MR) is 108 cm³/mol. The number of nitrogens with two attached hydrogens (primary N) is 1. The minimum atomic E-state index is -0.977. The van der Waals surface area contributed by atoms with Crippen molar-refractivity contribution in [1.82, 2.24) is 5.32 Å². The lowest BCUT2D eigenvalue weighted by Crippen LogP contribution is -2.25. The first kappa shape index (κ1) is 28.7. The lowest BCUT2D eigenvalue weighted by atomic mass is 10.3. The van der Waals surface area contributed by atoms with Gasteiger partial charge in [-0.05, 0) is 6.42 Å². The molecule has 0 bridgehead atoms. The van der Waals surface area contributed by atoms with E-state index in [1.807, 2.05) is 0 Å². The van der Waals surface area contributed by atoms with Gasteiger partial charge in [-0.3, -0.25) is 9.59 Å². The second kappa shape index (κ2) is 23.9. The highest BCUT2D eigenvalue weighted by atomic mass is 16.6. The standard InChI is InChI=1S/C19H38N2O9/c20-4-7-26-9-11-28-13-15-30-17-16-29-14-12-27-10-8-25-6-1-5-21-18(22)2-3-19(23)24/h1-17,20H2,(H,21,22)(H,23,24). The topological polar surface area (TPSA) is 148 Å². The number of hydrogen-bond donors (Lipinski definition) is 3. The van der Waals surface area contributed by atoms with Crippen LogP contribution in [0.5, 0.6) is 0 Å². The van der Waals surface area contributed by atoms with Crippen LogP contribution in [0.15, 0.2) is 0 Å². The maximum Gasteiger partial charge on any atom is 0.303 e. The van der Waals surface area contributed by atoms with Crippen LogP contribution in [0.25, 0.3) is 0 Å². The first-order chi connectivity index (χ1) is 14.7. The summed E-state index contributed by atoms with van der Waals surface area (Å²) in [5.41, 5.74) is 5.30. The molecule has 0 rings (SSSR count). The maximum atomic E-state index is 11.3. The van der Waals surface area contributed by atoms with Gasteiger partial charge in [0, 0.05) is 26.1 Å². The number of nitrogens with one attached hydrogen (secondary N) is 1. The first-order valence-electron chi connectivity index (χ1n) is 10.3. The molecule has 0 saturated carbocycles. The van der Waals surface area contributed by atoms with E-state index in [4.69, 9.17) is 39.3 Å². The number of carbonyl (C=O) groups is 2. The van der Waals surface area contributed by atoms with Crippen LogP contribution in [0.2, 0.25) is 0 Å². The fourth-order valence-corrected chi connectivity index (χ4v) is 2.00. The Labute approximate surface area is 178 Å². The van der Waals surface area contributed by atoms with Crippen molar-refractivity contribution in [2.24, 2.45) is 5.73 Å². The van der Waals surface area contributed by atoms with Crippen LogP contribution in [-0.4, -0.2) is 109 Å². The Kier molecular flexibility index (Phi) is 22.9. The Bertz CT molecular complexity index is 400. The second-order valence-corrected chi connectivity index (χ2v) is 6.06. The van der Waals surface area contributed by atoms with Crippen molar-refractivity contribution in [3.05, 3.63) is 0 Å². The Hall–Kier alpha value is -1.34. The van der Waals surface area contributed by atoms with Gasteiger partial charge in [-0.2, -0.15) is 0 Å². The van der Waals surface area contributed by atoms with Crippen molar-refractivity contribution >= 4 is 11.9 Å². The number of aliphatic carboxylic acids is 1. The van der Waals surface area contributed by atoms with Gasteiger partial charge in [0.2, 0.25) is 5.91 Å². The fraction of sp³-hybridized carbons (Fsp3) is 0.895. The number of hydrogen-bond acceptors (Lipinski definition) is 9. The van der Waals surface area contributed by atoms with E-state index < -0.39 is 5.97 Å². The Morgan fingerprint density at radius 3 is 1.43 bits per heavy atom. The second-order valence-electron chi connectivity index (χ2n) is 6.06. The zero-order valence-corrected chi connectivity index (χ0v) is 17.8. The summed E-state index contributed by atoms with van der Waals surface area (Å²) in [5, 5.41) is 11.1. The third-order valence-electron chi connectivity index (χ3n) is 3.48. The highest BCUT2D eigenvalue weighted by molar-refractivity contribution is 5.80. The van der Waals surface area contributed by atoms with Crippen molar-refractivity contribution in [2.45, 2.75) is 19.3 Å². The molecule has 0 aromatic rings. The predicted octanol–water partition coefficient (Wildman–Crippen LogP) is -0.584. The molecule has 0 aliphatic carbocycles. The summed E-state index contributed by atoms with van der Waals surface area (Å²) in [6, 6.07) is 0. The molecular weight excluding hydrogens is 400 g/mol. The van der Waals surface area contributed by atoms with Gasteiger partial charge in [-0.15, -0.1) is 0 Å². The molecule has 0 radical (unpaired) electrons. The Morgan fingerprint density at radius 2 is 1.03 bits per heavy atom. The van der Waals surface area contributed by atoms with Crippen molar-refractivity contribution in [3.8, 4) is 0 Å². The molecule has 11 nitrogen and oxygen atoms in total. The van der Waals surface area contributed by atoms with Crippen LogP contribution in [-0.2, 0) is 38.0 Å². The minimum Gasteiger partial charge on any atom is -0.481 e. The molecule has 1 amide bonds. The number of carbonyl (C=O) groups excluding carboxylic acids is 1. The van der Waals surface area contributed by atoms with Crippen LogP contribution < -0.4 is 11.1 Å². The summed E-state index contributed by atoms with van der Waals surface area (Å²) >= 11 is 0. The third-order valence-corrected chi connectivity index (χ3v) is 3.48. The number of ether oxygens (including phenoxy) is 6. The maximum absolute atomic E-state index is 11.3. The molecule has 30 heavy (non-hydrogen) atoms. The SMILES string of the molecule is NCCOCCOCCOCCOCCOCCOCCCNC(=O)CCC(=O)O. The highest BCUT2D eigenvalue weighted by Crippen LogP contribution is 1.89. The lowest BCUT2D eigenvalue weighted by Gasteiger charge is -2.08. The number of carboxylic acids is 1. The summed E-state index contributed by atoms with van der Waals surface area (Å²) in [4.78, 5) is 21.6. The van der Waals surface area contributed by atoms with Gasteiger partial charge < -0.3 is 44.6 Å². The van der Waals surface area contributed by atoms with E-state index in [2.05, 4.69) is 5.32 Å². The van der Waals surface area contributed by atoms with Gasteiger partial charge in [-0.1, -0.05) is 0 Å². The first-order valence-corrected chi connectivity index (χ1v) is 10.3. The molecule has 11 heteroatoms. The third kappa shape index (κ3) is 24.7. The summed E-state index contributed by atoms with van der Waals surface area (Å²) < 4.78 is 32.0. The van der Waals surface area contributed by atoms with Gasteiger partial charge >= 0.3 is 5.97 Å². The van der Waals surface area contributed by atoms with Crippen LogP contribution >= 0.6 is 0 Å². The molecular formula is C19H38N2O9. The van der Waals surface area contributed by atoms with E-state index >= 15 is 0 Å². The van der Waals surface area contributed by atoms with E-state index in [-0.39, 0.29) is 18.7 Å². The number of amides is 1. The monoisotopic (exact) mass is 438 g/mol. The molecule has 0 fully saturated rings. The van der Waals surface area contributed by atoms with E-state index in [9.17, 15) is 9.59 Å². The van der Waals surface area contributed by atoms with E-state index in [0.717, 1.165) is 0 Å². The Balaban J connectivity index is 3.08.